The van der Waals surface area contributed by atoms with Crippen molar-refractivity contribution in [1.82, 2.24) is 4.57 Å². The summed E-state index contributed by atoms with van der Waals surface area (Å²) in [5, 5.41) is 11.4. The predicted molar refractivity (Wildman–Crippen MR) is 79.8 cm³/mol. The van der Waals surface area contributed by atoms with Crippen molar-refractivity contribution in [3.8, 4) is 0 Å². The minimum absolute atomic E-state index is 0.414. The average molecular weight is 290 g/mol. The highest BCUT2D eigenvalue weighted by Gasteiger charge is 2.20. The molecule has 2 aromatic rings. The van der Waals surface area contributed by atoms with E-state index in [9.17, 15) is 9.90 Å². The van der Waals surface area contributed by atoms with E-state index in [-0.39, 0.29) is 0 Å². The number of aliphatic carboxylic acids is 1. The van der Waals surface area contributed by atoms with Crippen LogP contribution in [0.5, 0.6) is 0 Å². The van der Waals surface area contributed by atoms with Gasteiger partial charge in [-0.1, -0.05) is 30.3 Å². The maximum Gasteiger partial charge on any atom is 0.307 e. The van der Waals surface area contributed by atoms with Crippen molar-refractivity contribution in [1.29, 1.82) is 0 Å². The molecule has 4 nitrogen and oxygen atoms in total. The molecule has 0 saturated carbocycles. The van der Waals surface area contributed by atoms with Crippen LogP contribution < -0.4 is 4.80 Å². The number of nitrogens with zero attached hydrogens (tertiary/aromatic N) is 2. The highest BCUT2D eigenvalue weighted by Crippen LogP contribution is 2.15. The molecule has 0 radical (unpaired) electrons. The lowest BCUT2D eigenvalue weighted by Gasteiger charge is -2.12. The first-order chi connectivity index (χ1) is 9.61. The molecule has 0 aliphatic carbocycles. The second kappa shape index (κ2) is 6.52. The van der Waals surface area contributed by atoms with Gasteiger partial charge in [0.2, 0.25) is 0 Å². The number of carboxylic acids is 1. The van der Waals surface area contributed by atoms with Gasteiger partial charge in [0.15, 0.2) is 4.80 Å². The SMILES string of the molecule is C/N=c1/scc(C[C@@H](Cc2ccccc2)C(=O)O)n1C. The fourth-order valence-corrected chi connectivity index (χ4v) is 3.06. The molecular weight excluding hydrogens is 272 g/mol. The van der Waals surface area contributed by atoms with E-state index in [0.29, 0.717) is 12.8 Å². The lowest BCUT2D eigenvalue weighted by molar-refractivity contribution is -0.141. The number of carbonyl (C=O) groups is 1. The number of benzene rings is 1. The summed E-state index contributed by atoms with van der Waals surface area (Å²) in [6, 6.07) is 9.75. The number of hydrogen-bond donors (Lipinski definition) is 1. The molecule has 0 spiro atoms. The van der Waals surface area contributed by atoms with Crippen LogP contribution in [0.4, 0.5) is 0 Å². The van der Waals surface area contributed by atoms with Crippen molar-refractivity contribution in [2.24, 2.45) is 18.0 Å². The first-order valence-electron chi connectivity index (χ1n) is 6.44. The molecule has 0 bridgehead atoms. The Balaban J connectivity index is 2.18. The molecule has 1 heterocycles. The van der Waals surface area contributed by atoms with E-state index in [0.717, 1.165) is 16.1 Å². The first-order valence-corrected chi connectivity index (χ1v) is 7.32. The van der Waals surface area contributed by atoms with Gasteiger partial charge in [0.1, 0.15) is 0 Å². The fourth-order valence-electron chi connectivity index (χ4n) is 2.19. The summed E-state index contributed by atoms with van der Waals surface area (Å²) in [7, 11) is 3.67. The number of carboxylic acid groups (broad SMARTS) is 1. The van der Waals surface area contributed by atoms with E-state index in [1.807, 2.05) is 47.3 Å². The molecule has 1 N–H and O–H groups in total. The fraction of sp³-hybridized carbons (Fsp3) is 0.333. The zero-order valence-electron chi connectivity index (χ0n) is 11.6. The predicted octanol–water partition coefficient (Wildman–Crippen LogP) is 2.10. The largest absolute Gasteiger partial charge is 0.481 e. The van der Waals surface area contributed by atoms with E-state index < -0.39 is 11.9 Å². The molecule has 1 aromatic heterocycles. The van der Waals surface area contributed by atoms with E-state index in [4.69, 9.17) is 0 Å². The van der Waals surface area contributed by atoms with Crippen molar-refractivity contribution in [3.63, 3.8) is 0 Å². The average Bonchev–Trinajstić information content (AvgIpc) is 2.80. The second-order valence-electron chi connectivity index (χ2n) is 4.72. The van der Waals surface area contributed by atoms with Crippen molar-refractivity contribution >= 4 is 17.3 Å². The van der Waals surface area contributed by atoms with Crippen LogP contribution in [0.2, 0.25) is 0 Å². The highest BCUT2D eigenvalue weighted by atomic mass is 32.1. The number of thiazole rings is 1. The number of hydrogen-bond acceptors (Lipinski definition) is 3. The normalized spacial score (nSPS) is 13.4. The van der Waals surface area contributed by atoms with Crippen molar-refractivity contribution < 1.29 is 9.90 Å². The molecule has 1 aromatic carbocycles. The summed E-state index contributed by atoms with van der Waals surface area (Å²) in [6.07, 6.45) is 1.07. The Bertz CT molecular complexity index is 643. The third kappa shape index (κ3) is 3.36. The van der Waals surface area contributed by atoms with Crippen molar-refractivity contribution in [2.75, 3.05) is 7.05 Å². The minimum atomic E-state index is -0.755. The van der Waals surface area contributed by atoms with Crippen LogP contribution in [0.25, 0.3) is 0 Å². The molecule has 0 amide bonds. The maximum atomic E-state index is 11.5. The van der Waals surface area contributed by atoms with Crippen molar-refractivity contribution in [2.45, 2.75) is 12.8 Å². The summed E-state index contributed by atoms with van der Waals surface area (Å²) in [5.41, 5.74) is 2.07. The Morgan fingerprint density at radius 2 is 2.05 bits per heavy atom. The first kappa shape index (κ1) is 14.5. The summed E-state index contributed by atoms with van der Waals surface area (Å²) in [5.74, 6) is -1.17. The Kier molecular flexibility index (Phi) is 4.74. The minimum Gasteiger partial charge on any atom is -0.481 e. The summed E-state index contributed by atoms with van der Waals surface area (Å²) < 4.78 is 1.96. The van der Waals surface area contributed by atoms with E-state index in [2.05, 4.69) is 4.99 Å². The van der Waals surface area contributed by atoms with Crippen LogP contribution in [-0.4, -0.2) is 22.7 Å². The van der Waals surface area contributed by atoms with Crippen LogP contribution in [0.1, 0.15) is 11.3 Å². The van der Waals surface area contributed by atoms with Gasteiger partial charge in [-0.05, 0) is 12.0 Å². The quantitative estimate of drug-likeness (QED) is 0.917. The molecule has 20 heavy (non-hydrogen) atoms. The van der Waals surface area contributed by atoms with Gasteiger partial charge in [-0.3, -0.25) is 9.79 Å². The zero-order chi connectivity index (χ0) is 14.5. The molecular formula is C15H18N2O2S. The lowest BCUT2D eigenvalue weighted by atomic mass is 9.95. The maximum absolute atomic E-state index is 11.5. The molecule has 5 heteroatoms. The topological polar surface area (TPSA) is 54.6 Å². The van der Waals surface area contributed by atoms with Gasteiger partial charge in [-0.15, -0.1) is 11.3 Å². The van der Waals surface area contributed by atoms with Gasteiger partial charge < -0.3 is 9.67 Å². The molecule has 0 unspecified atom stereocenters. The third-order valence-electron chi connectivity index (χ3n) is 3.34. The Hall–Kier alpha value is -1.88. The van der Waals surface area contributed by atoms with Crippen LogP contribution in [0, 0.1) is 5.92 Å². The standard InChI is InChI=1S/C15H18N2O2S/c1-16-15-17(2)13(10-20-15)9-12(14(18)19)8-11-6-4-3-5-7-11/h3-7,10,12H,8-9H2,1-2H3,(H,18,19)/b16-15+/t12-/m1/s1. The number of rotatable bonds is 5. The van der Waals surface area contributed by atoms with Crippen molar-refractivity contribution in [3.05, 3.63) is 51.8 Å². The molecule has 1 atom stereocenters. The van der Waals surface area contributed by atoms with E-state index in [1.165, 1.54) is 11.3 Å². The highest BCUT2D eigenvalue weighted by molar-refractivity contribution is 7.07. The Morgan fingerprint density at radius 1 is 1.35 bits per heavy atom. The monoisotopic (exact) mass is 290 g/mol. The molecule has 0 aliphatic heterocycles. The van der Waals surface area contributed by atoms with Crippen LogP contribution in [0.15, 0.2) is 40.7 Å². The number of aromatic nitrogens is 1. The molecule has 0 aliphatic rings. The van der Waals surface area contributed by atoms with E-state index >= 15 is 0 Å². The van der Waals surface area contributed by atoms with Gasteiger partial charge in [0.25, 0.3) is 0 Å². The van der Waals surface area contributed by atoms with Gasteiger partial charge in [0, 0.05) is 31.6 Å². The Morgan fingerprint density at radius 3 is 2.60 bits per heavy atom. The molecule has 106 valence electrons. The smallest absolute Gasteiger partial charge is 0.307 e. The Labute approximate surface area is 122 Å². The molecule has 0 saturated heterocycles. The van der Waals surface area contributed by atoms with Gasteiger partial charge >= 0.3 is 5.97 Å². The molecule has 0 fully saturated rings. The lowest BCUT2D eigenvalue weighted by Crippen LogP contribution is -2.22. The third-order valence-corrected chi connectivity index (χ3v) is 4.40. The van der Waals surface area contributed by atoms with E-state index in [1.54, 1.807) is 7.05 Å². The summed E-state index contributed by atoms with van der Waals surface area (Å²) >= 11 is 1.54. The second-order valence-corrected chi connectivity index (χ2v) is 5.56. The summed E-state index contributed by atoms with van der Waals surface area (Å²) in [6.45, 7) is 0. The van der Waals surface area contributed by atoms with Crippen LogP contribution >= 0.6 is 11.3 Å². The van der Waals surface area contributed by atoms with Crippen LogP contribution in [0.3, 0.4) is 0 Å². The van der Waals surface area contributed by atoms with Crippen LogP contribution in [-0.2, 0) is 24.7 Å². The molecule has 2 rings (SSSR count). The zero-order valence-corrected chi connectivity index (χ0v) is 12.4. The van der Waals surface area contributed by atoms with Gasteiger partial charge in [-0.2, -0.15) is 0 Å². The van der Waals surface area contributed by atoms with Gasteiger partial charge in [0.05, 0.1) is 5.92 Å². The summed E-state index contributed by atoms with van der Waals surface area (Å²) in [4.78, 5) is 16.5. The van der Waals surface area contributed by atoms with Gasteiger partial charge in [-0.25, -0.2) is 0 Å².